The highest BCUT2D eigenvalue weighted by atomic mass is 35.5. The number of fused-ring (bicyclic) bond motifs is 1. The van der Waals surface area contributed by atoms with E-state index in [1.807, 2.05) is 30.3 Å². The van der Waals surface area contributed by atoms with Gasteiger partial charge in [-0.2, -0.15) is 0 Å². The average molecular weight is 341 g/mol. The number of benzene rings is 2. The molecule has 24 heavy (non-hydrogen) atoms. The summed E-state index contributed by atoms with van der Waals surface area (Å²) in [4.78, 5) is 6.66. The molecule has 0 N–H and O–H groups in total. The number of likely N-dealkylation sites (tertiary alicyclic amines) is 1. The van der Waals surface area contributed by atoms with Gasteiger partial charge in [-0.3, -0.25) is 9.88 Å². The molecule has 0 aliphatic carbocycles. The predicted octanol–water partition coefficient (Wildman–Crippen LogP) is 5.29. The Morgan fingerprint density at radius 3 is 2.67 bits per heavy atom. The first-order valence-electron chi connectivity index (χ1n) is 8.26. The minimum Gasteiger partial charge on any atom is -0.299 e. The first-order chi connectivity index (χ1) is 11.7. The van der Waals surface area contributed by atoms with E-state index in [0.717, 1.165) is 41.7 Å². The number of hydrogen-bond acceptors (Lipinski definition) is 2. The third-order valence-corrected chi connectivity index (χ3v) is 4.97. The fourth-order valence-corrected chi connectivity index (χ4v) is 3.58. The summed E-state index contributed by atoms with van der Waals surface area (Å²) in [5, 5.41) is 1.48. The van der Waals surface area contributed by atoms with E-state index in [9.17, 15) is 4.39 Å². The van der Waals surface area contributed by atoms with Crippen molar-refractivity contribution in [2.45, 2.75) is 19.4 Å². The monoisotopic (exact) mass is 340 g/mol. The molecule has 1 fully saturated rings. The molecule has 0 unspecified atom stereocenters. The summed E-state index contributed by atoms with van der Waals surface area (Å²) >= 11 is 6.24. The van der Waals surface area contributed by atoms with E-state index < -0.39 is 0 Å². The van der Waals surface area contributed by atoms with Gasteiger partial charge in [0.15, 0.2) is 0 Å². The third kappa shape index (κ3) is 3.02. The van der Waals surface area contributed by atoms with E-state index in [1.165, 1.54) is 12.8 Å². The molecule has 0 radical (unpaired) electrons. The van der Waals surface area contributed by atoms with Crippen LogP contribution >= 0.6 is 11.6 Å². The lowest BCUT2D eigenvalue weighted by Gasteiger charge is -2.15. The largest absolute Gasteiger partial charge is 0.299 e. The molecule has 4 heteroatoms. The molecule has 2 aromatic carbocycles. The standard InChI is InChI=1S/C20H18ClFN2/c21-18-7-8-23-20-6-4-15(12-17(18)20)16-5-3-14(11-19(16)22)13-24-9-1-2-10-24/h3-8,11-12H,1-2,9-10,13H2. The molecular weight excluding hydrogens is 323 g/mol. The predicted molar refractivity (Wildman–Crippen MR) is 96.7 cm³/mol. The van der Waals surface area contributed by atoms with E-state index in [0.29, 0.717) is 10.6 Å². The van der Waals surface area contributed by atoms with Crippen LogP contribution in [-0.2, 0) is 6.54 Å². The van der Waals surface area contributed by atoms with Crippen molar-refractivity contribution < 1.29 is 4.39 Å². The Bertz CT molecular complexity index is 888. The van der Waals surface area contributed by atoms with Gasteiger partial charge in [0.05, 0.1) is 10.5 Å². The van der Waals surface area contributed by atoms with Crippen LogP contribution in [0.2, 0.25) is 5.02 Å². The Morgan fingerprint density at radius 1 is 1.04 bits per heavy atom. The zero-order valence-corrected chi connectivity index (χ0v) is 14.1. The van der Waals surface area contributed by atoms with Crippen molar-refractivity contribution in [2.24, 2.45) is 0 Å². The number of aromatic nitrogens is 1. The summed E-state index contributed by atoms with van der Waals surface area (Å²) in [5.74, 6) is -0.189. The third-order valence-electron chi connectivity index (χ3n) is 4.64. The molecule has 4 rings (SSSR count). The van der Waals surface area contributed by atoms with Crippen molar-refractivity contribution in [1.29, 1.82) is 0 Å². The van der Waals surface area contributed by atoms with E-state index in [-0.39, 0.29) is 5.82 Å². The molecule has 1 aliphatic rings. The molecule has 2 heterocycles. The highest BCUT2D eigenvalue weighted by molar-refractivity contribution is 6.35. The molecule has 1 aliphatic heterocycles. The maximum Gasteiger partial charge on any atom is 0.131 e. The minimum absolute atomic E-state index is 0.189. The van der Waals surface area contributed by atoms with Gasteiger partial charge in [-0.15, -0.1) is 0 Å². The number of nitrogens with zero attached hydrogens (tertiary/aromatic N) is 2. The van der Waals surface area contributed by atoms with E-state index in [4.69, 9.17) is 11.6 Å². The first kappa shape index (κ1) is 15.6. The van der Waals surface area contributed by atoms with Crippen molar-refractivity contribution in [1.82, 2.24) is 9.88 Å². The van der Waals surface area contributed by atoms with Crippen LogP contribution in [0.1, 0.15) is 18.4 Å². The molecule has 0 bridgehead atoms. The fourth-order valence-electron chi connectivity index (χ4n) is 3.37. The minimum atomic E-state index is -0.189. The SMILES string of the molecule is Fc1cc(CN2CCCC2)ccc1-c1ccc2nccc(Cl)c2c1. The lowest BCUT2D eigenvalue weighted by Crippen LogP contribution is -2.18. The number of halogens is 2. The smallest absolute Gasteiger partial charge is 0.131 e. The summed E-state index contributed by atoms with van der Waals surface area (Å²) in [6.07, 6.45) is 4.16. The Morgan fingerprint density at radius 2 is 1.88 bits per heavy atom. The van der Waals surface area contributed by atoms with Crippen LogP contribution < -0.4 is 0 Å². The zero-order valence-electron chi connectivity index (χ0n) is 13.3. The summed E-state index contributed by atoms with van der Waals surface area (Å²) < 4.78 is 14.6. The van der Waals surface area contributed by atoms with Crippen LogP contribution in [-0.4, -0.2) is 23.0 Å². The van der Waals surface area contributed by atoms with Crippen LogP contribution in [0.4, 0.5) is 4.39 Å². The molecule has 0 saturated carbocycles. The van der Waals surface area contributed by atoms with Gasteiger partial charge in [-0.1, -0.05) is 29.8 Å². The first-order valence-corrected chi connectivity index (χ1v) is 8.64. The Labute approximate surface area is 145 Å². The Kier molecular flexibility index (Phi) is 4.21. The summed E-state index contributed by atoms with van der Waals surface area (Å²) in [7, 11) is 0. The molecule has 3 aromatic rings. The Balaban J connectivity index is 1.67. The van der Waals surface area contributed by atoms with Crippen molar-refractivity contribution in [3.05, 3.63) is 65.1 Å². The van der Waals surface area contributed by atoms with Crippen LogP contribution in [0, 0.1) is 5.82 Å². The molecular formula is C20H18ClFN2. The molecule has 2 nitrogen and oxygen atoms in total. The van der Waals surface area contributed by atoms with Crippen LogP contribution in [0.15, 0.2) is 48.7 Å². The van der Waals surface area contributed by atoms with Crippen LogP contribution in [0.3, 0.4) is 0 Å². The van der Waals surface area contributed by atoms with E-state index in [2.05, 4.69) is 9.88 Å². The van der Waals surface area contributed by atoms with E-state index >= 15 is 0 Å². The highest BCUT2D eigenvalue weighted by Gasteiger charge is 2.13. The lowest BCUT2D eigenvalue weighted by atomic mass is 10.0. The van der Waals surface area contributed by atoms with Gasteiger partial charge >= 0.3 is 0 Å². The molecule has 1 aromatic heterocycles. The van der Waals surface area contributed by atoms with Crippen molar-refractivity contribution in [3.63, 3.8) is 0 Å². The van der Waals surface area contributed by atoms with Gasteiger partial charge in [0.1, 0.15) is 5.82 Å². The quantitative estimate of drug-likeness (QED) is 0.644. The maximum absolute atomic E-state index is 14.6. The molecule has 1 saturated heterocycles. The van der Waals surface area contributed by atoms with Crippen molar-refractivity contribution in [3.8, 4) is 11.1 Å². The van der Waals surface area contributed by atoms with Crippen LogP contribution in [0.25, 0.3) is 22.0 Å². The molecule has 122 valence electrons. The molecule has 0 atom stereocenters. The summed E-state index contributed by atoms with van der Waals surface area (Å²) in [5.41, 5.74) is 3.26. The number of hydrogen-bond donors (Lipinski definition) is 0. The van der Waals surface area contributed by atoms with Gasteiger partial charge in [0.25, 0.3) is 0 Å². The maximum atomic E-state index is 14.6. The average Bonchev–Trinajstić information content (AvgIpc) is 3.08. The summed E-state index contributed by atoms with van der Waals surface area (Å²) in [6.45, 7) is 3.05. The normalized spacial score (nSPS) is 15.2. The van der Waals surface area contributed by atoms with Crippen LogP contribution in [0.5, 0.6) is 0 Å². The number of pyridine rings is 1. The second kappa shape index (κ2) is 6.50. The molecule has 0 amide bonds. The van der Waals surface area contributed by atoms with Gasteiger partial charge in [0.2, 0.25) is 0 Å². The summed E-state index contributed by atoms with van der Waals surface area (Å²) in [6, 6.07) is 13.0. The van der Waals surface area contributed by atoms with Gasteiger partial charge in [-0.05, 0) is 61.3 Å². The second-order valence-electron chi connectivity index (χ2n) is 6.32. The fraction of sp³-hybridized carbons (Fsp3) is 0.250. The highest BCUT2D eigenvalue weighted by Crippen LogP contribution is 2.30. The van der Waals surface area contributed by atoms with Crippen molar-refractivity contribution >= 4 is 22.5 Å². The van der Waals surface area contributed by atoms with Gasteiger partial charge in [0, 0.05) is 23.7 Å². The topological polar surface area (TPSA) is 16.1 Å². The lowest BCUT2D eigenvalue weighted by molar-refractivity contribution is 0.331. The second-order valence-corrected chi connectivity index (χ2v) is 6.73. The zero-order chi connectivity index (χ0) is 16.5. The van der Waals surface area contributed by atoms with E-state index in [1.54, 1.807) is 18.3 Å². The van der Waals surface area contributed by atoms with Gasteiger partial charge in [-0.25, -0.2) is 4.39 Å². The number of rotatable bonds is 3. The van der Waals surface area contributed by atoms with Gasteiger partial charge < -0.3 is 0 Å². The molecule has 0 spiro atoms. The Hall–Kier alpha value is -1.97. The van der Waals surface area contributed by atoms with Crippen molar-refractivity contribution in [2.75, 3.05) is 13.1 Å².